The fourth-order valence-corrected chi connectivity index (χ4v) is 10.1. The molecule has 19 nitrogen and oxygen atoms in total. The number of imidazole rings is 1. The molecule has 0 spiro atoms. The van der Waals surface area contributed by atoms with Crippen molar-refractivity contribution in [3.8, 4) is 6.07 Å². The van der Waals surface area contributed by atoms with Gasteiger partial charge in [0.25, 0.3) is 5.56 Å². The van der Waals surface area contributed by atoms with Gasteiger partial charge < -0.3 is 34.0 Å². The number of nitrogens with zero attached hydrogens (tertiary/aromatic N) is 6. The topological polar surface area (TPSA) is 250 Å². The number of aliphatic hydroxyl groups is 1. The molecule has 1 aliphatic carbocycles. The largest absolute Gasteiger partial charge is 0.695 e. The lowest BCUT2D eigenvalue weighted by molar-refractivity contribution is -0.0503. The van der Waals surface area contributed by atoms with Gasteiger partial charge in [0, 0.05) is 23.2 Å². The fourth-order valence-electron chi connectivity index (χ4n) is 6.18. The number of halogens is 1. The maximum atomic E-state index is 15.9. The second kappa shape index (κ2) is 19.0. The first-order valence-corrected chi connectivity index (χ1v) is 25.0. The van der Waals surface area contributed by atoms with Crippen LogP contribution in [0.4, 0.5) is 16.2 Å². The molecule has 1 aliphatic heterocycles. The lowest BCUT2D eigenvalue weighted by Gasteiger charge is -2.41. The van der Waals surface area contributed by atoms with E-state index in [1.165, 1.54) is 23.4 Å². The van der Waals surface area contributed by atoms with E-state index < -0.39 is 84.2 Å². The Bertz CT molecular complexity index is 1990. The van der Waals surface area contributed by atoms with Crippen LogP contribution in [0, 0.1) is 23.2 Å². The number of aromatic amines is 1. The van der Waals surface area contributed by atoms with Gasteiger partial charge in [0.2, 0.25) is 5.95 Å². The van der Waals surface area contributed by atoms with Crippen molar-refractivity contribution in [2.24, 2.45) is 11.8 Å². The minimum atomic E-state index is -3.97. The van der Waals surface area contributed by atoms with Gasteiger partial charge in [0.15, 0.2) is 38.0 Å². The zero-order valence-corrected chi connectivity index (χ0v) is 36.4. The predicted molar refractivity (Wildman–Crippen MR) is 213 cm³/mol. The van der Waals surface area contributed by atoms with Crippen LogP contribution in [-0.4, -0.2) is 111 Å². The molecular weight excluding hydrogens is 824 g/mol. The Morgan fingerprint density at radius 3 is 2.65 bits per heavy atom. The molecule has 3 aromatic heterocycles. The Kier molecular flexibility index (Phi) is 15.1. The molecule has 3 aromatic rings. The van der Waals surface area contributed by atoms with Crippen LogP contribution in [-0.2, 0) is 43.6 Å². The Morgan fingerprint density at radius 2 is 2.02 bits per heavy atom. The van der Waals surface area contributed by atoms with Gasteiger partial charge in [-0.05, 0) is 48.3 Å². The first kappa shape index (κ1) is 45.2. The monoisotopic (exact) mass is 874 g/mol. The lowest BCUT2D eigenvalue weighted by atomic mass is 10.1. The number of aliphatic hydroxyl groups excluding tert-OH is 1. The van der Waals surface area contributed by atoms with E-state index in [0.29, 0.717) is 12.4 Å². The molecule has 0 amide bonds. The highest BCUT2D eigenvalue weighted by Crippen LogP contribution is 2.56. The van der Waals surface area contributed by atoms with E-state index in [1.54, 1.807) is 6.07 Å². The molecule has 5 rings (SSSR count). The summed E-state index contributed by atoms with van der Waals surface area (Å²) in [5.74, 6) is -0.0498. The minimum Gasteiger partial charge on any atom is -0.408 e. The van der Waals surface area contributed by atoms with Crippen molar-refractivity contribution in [3.05, 3.63) is 35.3 Å². The van der Waals surface area contributed by atoms with Crippen LogP contribution in [0.5, 0.6) is 0 Å². The molecule has 0 aromatic carbocycles. The normalized spacial score (nSPS) is 26.7. The van der Waals surface area contributed by atoms with Gasteiger partial charge in [-0.15, -0.1) is 9.42 Å². The van der Waals surface area contributed by atoms with E-state index in [-0.39, 0.29) is 54.1 Å². The third kappa shape index (κ3) is 11.0. The molecule has 1 saturated heterocycles. The molecular formula is C33H51FN9O10P2SSi+. The zero-order chi connectivity index (χ0) is 41.7. The van der Waals surface area contributed by atoms with Crippen LogP contribution in [0.25, 0.3) is 11.2 Å². The Hall–Kier alpha value is -2.90. The predicted octanol–water partition coefficient (Wildman–Crippen LogP) is 4.69. The summed E-state index contributed by atoms with van der Waals surface area (Å²) >= 11 is 5.99. The highest BCUT2D eigenvalue weighted by molar-refractivity contribution is 8.07. The Labute approximate surface area is 336 Å². The highest BCUT2D eigenvalue weighted by atomic mass is 32.5. The number of nitriles is 1. The Balaban J connectivity index is 1.52. The summed E-state index contributed by atoms with van der Waals surface area (Å²) in [6, 6.07) is 2.66. The minimum absolute atomic E-state index is 0.0168. The molecule has 57 heavy (non-hydrogen) atoms. The molecule has 5 N–H and O–H groups in total. The second-order valence-corrected chi connectivity index (χ2v) is 24.2. The molecule has 4 heterocycles. The Morgan fingerprint density at radius 1 is 1.26 bits per heavy atom. The number of rotatable bonds is 19. The van der Waals surface area contributed by atoms with Crippen molar-refractivity contribution in [1.82, 2.24) is 29.5 Å². The summed E-state index contributed by atoms with van der Waals surface area (Å²) in [5, 5.41) is 25.9. The molecule has 24 heteroatoms. The van der Waals surface area contributed by atoms with Gasteiger partial charge in [-0.2, -0.15) is 10.2 Å². The van der Waals surface area contributed by atoms with Gasteiger partial charge in [-0.1, -0.05) is 34.6 Å². The van der Waals surface area contributed by atoms with Gasteiger partial charge in [0.05, 0.1) is 44.7 Å². The van der Waals surface area contributed by atoms with Crippen molar-refractivity contribution in [2.75, 3.05) is 37.0 Å². The molecule has 0 radical (unpaired) electrons. The third-order valence-electron chi connectivity index (χ3n) is 10.1. The van der Waals surface area contributed by atoms with Crippen LogP contribution in [0.15, 0.2) is 29.7 Å². The lowest BCUT2D eigenvalue weighted by Crippen LogP contribution is -2.50. The number of aromatic nitrogens is 6. The van der Waals surface area contributed by atoms with Gasteiger partial charge in [-0.25, -0.2) is 19.3 Å². The second-order valence-electron chi connectivity index (χ2n) is 15.8. The number of hydrogen-bond donors (Lipinski definition) is 5. The van der Waals surface area contributed by atoms with E-state index >= 15 is 4.39 Å². The number of fused-ring (bicyclic) bond motifs is 1. The van der Waals surface area contributed by atoms with Crippen molar-refractivity contribution in [2.45, 2.75) is 108 Å². The molecule has 1 unspecified atom stereocenters. The van der Waals surface area contributed by atoms with Crippen LogP contribution in [0.1, 0.15) is 53.7 Å². The smallest absolute Gasteiger partial charge is 0.408 e. The van der Waals surface area contributed by atoms with Crippen LogP contribution in [0.2, 0.25) is 18.1 Å². The molecule has 2 fully saturated rings. The van der Waals surface area contributed by atoms with Crippen molar-refractivity contribution >= 4 is 58.0 Å². The van der Waals surface area contributed by atoms with Crippen LogP contribution >= 0.6 is 15.0 Å². The SMILES string of the molecule is CC(C)CNc1nc2c(ncn2[C@@H]2O[C@H](CO)[C@@H](O[Si](C)(C)C(C)(C)C)[C@H]2O[P@@](=S)(OCCC#N)OC[C@H]2C[C@@H](Nc3ccncn3)[C@H](F)[C@@H]2O[P+](=O)O)c(=O)[nH]1. The van der Waals surface area contributed by atoms with Crippen molar-refractivity contribution in [1.29, 1.82) is 5.26 Å². The molecule has 10 atom stereocenters. The van der Waals surface area contributed by atoms with Crippen LogP contribution < -0.4 is 16.2 Å². The molecule has 0 bridgehead atoms. The van der Waals surface area contributed by atoms with Gasteiger partial charge >= 0.3 is 15.0 Å². The first-order chi connectivity index (χ1) is 26.9. The third-order valence-corrected chi connectivity index (χ3v) is 17.3. The van der Waals surface area contributed by atoms with Gasteiger partial charge in [0.1, 0.15) is 30.5 Å². The summed E-state index contributed by atoms with van der Waals surface area (Å²) in [4.78, 5) is 42.4. The number of alkyl halides is 1. The fraction of sp³-hybridized carbons (Fsp3) is 0.697. The van der Waals surface area contributed by atoms with E-state index in [1.807, 2.05) is 53.8 Å². The zero-order valence-electron chi connectivity index (χ0n) is 32.8. The number of hydrogen-bond acceptors (Lipinski definition) is 17. The summed E-state index contributed by atoms with van der Waals surface area (Å²) in [6.07, 6.45) is -3.30. The summed E-state index contributed by atoms with van der Waals surface area (Å²) < 4.78 is 66.7. The van der Waals surface area contributed by atoms with Gasteiger partial charge in [-0.3, -0.25) is 18.9 Å². The summed E-state index contributed by atoms with van der Waals surface area (Å²) in [6.45, 7) is 9.71. The number of nitrogens with one attached hydrogen (secondary N) is 3. The first-order valence-electron chi connectivity index (χ1n) is 18.4. The van der Waals surface area contributed by atoms with E-state index in [9.17, 15) is 24.6 Å². The molecule has 1 saturated carbocycles. The average Bonchev–Trinajstić information content (AvgIpc) is 3.79. The number of anilines is 2. The maximum Gasteiger partial charge on any atom is 0.695 e. The van der Waals surface area contributed by atoms with Crippen molar-refractivity contribution in [3.63, 3.8) is 0 Å². The maximum absolute atomic E-state index is 15.9. The number of ether oxygens (including phenoxy) is 1. The van der Waals surface area contributed by atoms with E-state index in [2.05, 4.69) is 35.6 Å². The highest BCUT2D eigenvalue weighted by Gasteiger charge is 2.54. The quantitative estimate of drug-likeness (QED) is 0.0623. The summed E-state index contributed by atoms with van der Waals surface area (Å²) in [7, 11) is -5.85. The molecule has 2 aliphatic rings. The van der Waals surface area contributed by atoms with Crippen molar-refractivity contribution < 1.29 is 46.2 Å². The average molecular weight is 875 g/mol. The summed E-state index contributed by atoms with van der Waals surface area (Å²) in [5.41, 5.74) is -0.338. The number of H-pyrrole nitrogens is 1. The van der Waals surface area contributed by atoms with E-state index in [4.69, 9.17) is 39.1 Å². The standard InChI is InChI=1S/C33H50FN9O10P2SSi/c1-19(2)14-37-32-41-29-25(30(45)42-32)39-18-43(29)31-28(27(22(15-44)50-31)53-57(6,7)33(3,4)5)52-55(56,48-12-8-10-35)49-16-20-13-21(24(34)26(20)51-54(46)47)40-23-9-11-36-17-38-23/h9,11,17-22,24,26-28,31,44H,8,12-16H2,1-7H3,(H3-,36,37,38,40,41,42,45,46,47)/p+1/t20-,21-,22-,24+,26-,27-,28-,31-,55-/m1/s1. The van der Waals surface area contributed by atoms with Crippen LogP contribution in [0.3, 0.4) is 0 Å². The molecule has 314 valence electrons. The van der Waals surface area contributed by atoms with E-state index in [0.717, 1.165) is 0 Å².